The van der Waals surface area contributed by atoms with Gasteiger partial charge >= 0.3 is 0 Å². The number of anilines is 1. The van der Waals surface area contributed by atoms with E-state index in [0.717, 1.165) is 10.5 Å². The molecule has 5 nitrogen and oxygen atoms in total. The first kappa shape index (κ1) is 23.2. The zero-order chi connectivity index (χ0) is 22.4. The molecular weight excluding hydrogens is 452 g/mol. The molecule has 0 radical (unpaired) electrons. The van der Waals surface area contributed by atoms with E-state index in [9.17, 15) is 13.2 Å². The van der Waals surface area contributed by atoms with E-state index in [0.29, 0.717) is 34.1 Å². The van der Waals surface area contributed by atoms with E-state index in [-0.39, 0.29) is 10.8 Å². The molecule has 0 aliphatic carbocycles. The van der Waals surface area contributed by atoms with Crippen molar-refractivity contribution in [2.75, 3.05) is 17.0 Å². The summed E-state index contributed by atoms with van der Waals surface area (Å²) < 4.78 is 28.5. The average Bonchev–Trinajstić information content (AvgIpc) is 2.74. The van der Waals surface area contributed by atoms with Crippen molar-refractivity contribution in [3.8, 4) is 0 Å². The van der Waals surface area contributed by atoms with Gasteiger partial charge in [-0.2, -0.15) is 0 Å². The van der Waals surface area contributed by atoms with Crippen LogP contribution in [0.25, 0.3) is 0 Å². The number of para-hydroxylation sites is 1. The molecule has 0 heterocycles. The smallest absolute Gasteiger partial charge is 0.262 e. The maximum Gasteiger partial charge on any atom is 0.262 e. The number of thioether (sulfide) groups is 1. The van der Waals surface area contributed by atoms with Gasteiger partial charge < -0.3 is 5.32 Å². The Morgan fingerprint density at radius 1 is 0.968 bits per heavy atom. The Morgan fingerprint density at radius 2 is 1.68 bits per heavy atom. The Balaban J connectivity index is 1.66. The highest BCUT2D eigenvalue weighted by molar-refractivity contribution is 7.99. The highest BCUT2D eigenvalue weighted by Crippen LogP contribution is 2.23. The number of amides is 1. The van der Waals surface area contributed by atoms with Crippen LogP contribution in [0.4, 0.5) is 5.69 Å². The van der Waals surface area contributed by atoms with Crippen LogP contribution in [0, 0.1) is 13.8 Å². The van der Waals surface area contributed by atoms with E-state index in [2.05, 4.69) is 10.0 Å². The summed E-state index contributed by atoms with van der Waals surface area (Å²) in [6.45, 7) is 3.98. The minimum Gasteiger partial charge on any atom is -0.351 e. The van der Waals surface area contributed by atoms with E-state index < -0.39 is 10.0 Å². The van der Waals surface area contributed by atoms with Gasteiger partial charge in [-0.25, -0.2) is 8.42 Å². The molecule has 0 atom stereocenters. The van der Waals surface area contributed by atoms with Crippen molar-refractivity contribution in [3.63, 3.8) is 0 Å². The summed E-state index contributed by atoms with van der Waals surface area (Å²) in [5.74, 6) is 0.364. The summed E-state index contributed by atoms with van der Waals surface area (Å²) in [5, 5.41) is 3.52. The number of hydrogen-bond acceptors (Lipinski definition) is 4. The van der Waals surface area contributed by atoms with Crippen LogP contribution in [0.3, 0.4) is 0 Å². The molecule has 3 aromatic rings. The van der Waals surface area contributed by atoms with Crippen molar-refractivity contribution >= 4 is 45.0 Å². The Kier molecular flexibility index (Phi) is 7.64. The van der Waals surface area contributed by atoms with Crippen LogP contribution in [0.1, 0.15) is 21.5 Å². The molecule has 0 saturated carbocycles. The lowest BCUT2D eigenvalue weighted by molar-refractivity contribution is 0.0956. The minimum atomic E-state index is -3.83. The van der Waals surface area contributed by atoms with Crippen molar-refractivity contribution in [2.24, 2.45) is 0 Å². The van der Waals surface area contributed by atoms with Crippen LogP contribution in [0.15, 0.2) is 76.5 Å². The summed E-state index contributed by atoms with van der Waals surface area (Å²) in [6.07, 6.45) is 0. The first-order chi connectivity index (χ1) is 14.8. The second-order valence-electron chi connectivity index (χ2n) is 6.96. The Hall–Kier alpha value is -2.48. The van der Waals surface area contributed by atoms with Gasteiger partial charge in [0.2, 0.25) is 0 Å². The van der Waals surface area contributed by atoms with Gasteiger partial charge in [-0.3, -0.25) is 9.52 Å². The molecule has 0 aliphatic rings. The predicted octanol–water partition coefficient (Wildman–Crippen LogP) is 5.28. The summed E-state index contributed by atoms with van der Waals surface area (Å²) in [7, 11) is -3.83. The summed E-state index contributed by atoms with van der Waals surface area (Å²) in [6, 6.07) is 19.3. The van der Waals surface area contributed by atoms with Gasteiger partial charge in [0.1, 0.15) is 0 Å². The summed E-state index contributed by atoms with van der Waals surface area (Å²) in [4.78, 5) is 13.7. The van der Waals surface area contributed by atoms with E-state index in [1.54, 1.807) is 43.0 Å². The van der Waals surface area contributed by atoms with E-state index in [1.165, 1.54) is 6.07 Å². The standard InChI is InChI=1S/C23H23ClN2O3S2/c1-16-5-3-4-6-21(16)26-31(28,29)22-15-18(8-7-17(22)2)23(27)25-13-14-30-20-11-9-19(24)10-12-20/h3-12,15,26H,13-14H2,1-2H3,(H,25,27). The number of aryl methyl sites for hydroxylation is 2. The Bertz CT molecular complexity index is 1180. The van der Waals surface area contributed by atoms with Gasteiger partial charge in [0.05, 0.1) is 10.6 Å². The zero-order valence-corrected chi connectivity index (χ0v) is 19.6. The average molecular weight is 475 g/mol. The molecule has 2 N–H and O–H groups in total. The number of benzene rings is 3. The lowest BCUT2D eigenvalue weighted by Crippen LogP contribution is -2.26. The largest absolute Gasteiger partial charge is 0.351 e. The van der Waals surface area contributed by atoms with Crippen LogP contribution >= 0.6 is 23.4 Å². The highest BCUT2D eigenvalue weighted by atomic mass is 35.5. The third kappa shape index (κ3) is 6.26. The molecule has 3 aromatic carbocycles. The molecule has 1 amide bonds. The second-order valence-corrected chi connectivity index (χ2v) is 10.2. The van der Waals surface area contributed by atoms with Crippen molar-refractivity contribution in [2.45, 2.75) is 23.6 Å². The number of nitrogens with one attached hydrogen (secondary N) is 2. The molecule has 0 fully saturated rings. The van der Waals surface area contributed by atoms with Crippen molar-refractivity contribution < 1.29 is 13.2 Å². The monoisotopic (exact) mass is 474 g/mol. The van der Waals surface area contributed by atoms with E-state index in [4.69, 9.17) is 11.6 Å². The highest BCUT2D eigenvalue weighted by Gasteiger charge is 2.20. The minimum absolute atomic E-state index is 0.0824. The molecule has 0 aromatic heterocycles. The maximum atomic E-state index is 12.9. The molecule has 0 aliphatic heterocycles. The molecule has 0 bridgehead atoms. The Labute approximate surface area is 192 Å². The number of carbonyl (C=O) groups excluding carboxylic acids is 1. The number of rotatable bonds is 8. The normalized spacial score (nSPS) is 11.2. The topological polar surface area (TPSA) is 75.3 Å². The molecule has 0 spiro atoms. The lowest BCUT2D eigenvalue weighted by atomic mass is 10.1. The molecule has 31 heavy (non-hydrogen) atoms. The van der Waals surface area contributed by atoms with Gasteiger partial charge in [-0.05, 0) is 67.4 Å². The Morgan fingerprint density at radius 3 is 2.39 bits per heavy atom. The molecule has 8 heteroatoms. The lowest BCUT2D eigenvalue weighted by Gasteiger charge is -2.13. The summed E-state index contributed by atoms with van der Waals surface area (Å²) in [5.41, 5.74) is 2.19. The molecule has 0 unspecified atom stereocenters. The zero-order valence-electron chi connectivity index (χ0n) is 17.2. The van der Waals surface area contributed by atoms with Crippen molar-refractivity contribution in [1.82, 2.24) is 5.32 Å². The fourth-order valence-electron chi connectivity index (χ4n) is 2.88. The molecule has 3 rings (SSSR count). The van der Waals surface area contributed by atoms with Crippen molar-refractivity contribution in [1.29, 1.82) is 0 Å². The second kappa shape index (κ2) is 10.2. The first-order valence-electron chi connectivity index (χ1n) is 9.62. The maximum absolute atomic E-state index is 12.9. The predicted molar refractivity (Wildman–Crippen MR) is 128 cm³/mol. The first-order valence-corrected chi connectivity index (χ1v) is 12.5. The number of sulfonamides is 1. The van der Waals surface area contributed by atoms with Gasteiger partial charge in [0.15, 0.2) is 0 Å². The summed E-state index contributed by atoms with van der Waals surface area (Å²) >= 11 is 7.48. The van der Waals surface area contributed by atoms with Gasteiger partial charge in [0, 0.05) is 27.8 Å². The number of carbonyl (C=O) groups is 1. The van der Waals surface area contributed by atoms with Crippen LogP contribution in [0.2, 0.25) is 5.02 Å². The number of halogens is 1. The molecule has 0 saturated heterocycles. The van der Waals surface area contributed by atoms with E-state index >= 15 is 0 Å². The fourth-order valence-corrected chi connectivity index (χ4v) is 5.18. The molecule has 162 valence electrons. The number of hydrogen-bond donors (Lipinski definition) is 2. The van der Waals surface area contributed by atoms with Crippen LogP contribution < -0.4 is 10.0 Å². The van der Waals surface area contributed by atoms with Gasteiger partial charge in [0.25, 0.3) is 15.9 Å². The van der Waals surface area contributed by atoms with Crippen molar-refractivity contribution in [3.05, 3.63) is 88.4 Å². The SMILES string of the molecule is Cc1ccccc1NS(=O)(=O)c1cc(C(=O)NCCSc2ccc(Cl)cc2)ccc1C. The van der Waals surface area contributed by atoms with E-state index in [1.807, 2.05) is 43.3 Å². The fraction of sp³-hybridized carbons (Fsp3) is 0.174. The third-order valence-corrected chi connectivity index (χ3v) is 7.37. The van der Waals surface area contributed by atoms with Crippen LogP contribution in [-0.2, 0) is 10.0 Å². The van der Waals surface area contributed by atoms with Crippen LogP contribution in [0.5, 0.6) is 0 Å². The van der Waals surface area contributed by atoms with Gasteiger partial charge in [-0.15, -0.1) is 11.8 Å². The third-order valence-electron chi connectivity index (χ3n) is 4.60. The quantitative estimate of drug-likeness (QED) is 0.344. The van der Waals surface area contributed by atoms with Gasteiger partial charge in [-0.1, -0.05) is 35.9 Å². The molecular formula is C23H23ClN2O3S2. The van der Waals surface area contributed by atoms with Crippen LogP contribution in [-0.4, -0.2) is 26.6 Å².